The van der Waals surface area contributed by atoms with Crippen molar-refractivity contribution >= 4 is 38.9 Å². The maximum absolute atomic E-state index is 2.39. The Hall–Kier alpha value is -9.76. The zero-order valence-corrected chi connectivity index (χ0v) is 40.8. The van der Waals surface area contributed by atoms with Gasteiger partial charge in [0.15, 0.2) is 0 Å². The number of benzene rings is 12. The molecule has 13 aromatic rings. The zero-order valence-electron chi connectivity index (χ0n) is 40.8. The molecule has 0 aliphatic heterocycles. The van der Waals surface area contributed by atoms with Gasteiger partial charge in [0.2, 0.25) is 0 Å². The molecule has 348 valence electrons. The number of hydrogen-bond donors (Lipinski definition) is 0. The molecular formula is C72H50N2. The van der Waals surface area contributed by atoms with Crippen LogP contribution in [0.2, 0.25) is 0 Å². The normalized spacial score (nSPS) is 11.2. The molecule has 2 heteroatoms. The Morgan fingerprint density at radius 2 is 0.446 bits per heavy atom. The standard InChI is InChI=1S/C72H50N2/c1-3-16-51(17-4-1)56-20-11-22-58(46-56)53-34-40-65(41-35-53)73(66-42-36-54(37-43-66)59-23-13-26-62(48-59)61-25-12-21-57(47-61)52-18-5-2-6-19-52)67-44-38-55(39-45-67)60-24-14-27-63(49-60)64-28-15-29-68(50-64)74-71-32-9-7-30-69(71)70-31-8-10-33-72(70)74/h1-50H. The summed E-state index contributed by atoms with van der Waals surface area (Å²) in [5.41, 5.74) is 23.4. The van der Waals surface area contributed by atoms with Gasteiger partial charge < -0.3 is 9.47 Å². The molecule has 0 aliphatic rings. The molecule has 2 nitrogen and oxygen atoms in total. The number of hydrogen-bond acceptors (Lipinski definition) is 1. The SMILES string of the molecule is c1ccc(-c2cccc(-c3ccc(N(c4ccc(-c5cccc(-c6cccc(-c7ccccc7)c6)c5)cc4)c4ccc(-c5cccc(-c6cccc(-n7c8ccccc8c8ccccc87)c6)c5)cc4)cc3)c2)cc1. The van der Waals surface area contributed by atoms with Crippen molar-refractivity contribution in [3.63, 3.8) is 0 Å². The molecule has 13 rings (SSSR count). The maximum Gasteiger partial charge on any atom is 0.0541 e. The molecule has 12 aromatic carbocycles. The first-order valence-corrected chi connectivity index (χ1v) is 25.4. The van der Waals surface area contributed by atoms with Gasteiger partial charge in [-0.25, -0.2) is 0 Å². The predicted octanol–water partition coefficient (Wildman–Crippen LogP) is 19.9. The highest BCUT2D eigenvalue weighted by molar-refractivity contribution is 6.09. The Balaban J connectivity index is 0.826. The van der Waals surface area contributed by atoms with Crippen LogP contribution in [-0.2, 0) is 0 Å². The summed E-state index contributed by atoms with van der Waals surface area (Å²) in [5.74, 6) is 0. The first-order valence-electron chi connectivity index (χ1n) is 25.4. The minimum atomic E-state index is 1.08. The molecule has 0 saturated heterocycles. The van der Waals surface area contributed by atoms with Crippen molar-refractivity contribution in [1.29, 1.82) is 0 Å². The average Bonchev–Trinajstić information content (AvgIpc) is 3.83. The van der Waals surface area contributed by atoms with E-state index < -0.39 is 0 Å². The Morgan fingerprint density at radius 3 is 0.797 bits per heavy atom. The Morgan fingerprint density at radius 1 is 0.189 bits per heavy atom. The fourth-order valence-electron chi connectivity index (χ4n) is 10.7. The van der Waals surface area contributed by atoms with E-state index in [9.17, 15) is 0 Å². The molecule has 1 heterocycles. The molecule has 0 spiro atoms. The second-order valence-corrected chi connectivity index (χ2v) is 19.0. The highest BCUT2D eigenvalue weighted by Crippen LogP contribution is 2.40. The van der Waals surface area contributed by atoms with E-state index in [0.29, 0.717) is 0 Å². The molecule has 0 fully saturated rings. The number of anilines is 3. The van der Waals surface area contributed by atoms with Crippen molar-refractivity contribution in [1.82, 2.24) is 4.57 Å². The van der Waals surface area contributed by atoms with Crippen LogP contribution < -0.4 is 4.90 Å². The average molecular weight is 943 g/mol. The summed E-state index contributed by atoms with van der Waals surface area (Å²) in [6.07, 6.45) is 0. The molecule has 0 bridgehead atoms. The third kappa shape index (κ3) is 8.65. The van der Waals surface area contributed by atoms with E-state index in [1.165, 1.54) is 94.1 Å². The van der Waals surface area contributed by atoms with Crippen molar-refractivity contribution in [2.75, 3.05) is 4.90 Å². The van der Waals surface area contributed by atoms with E-state index in [0.717, 1.165) is 28.3 Å². The summed E-state index contributed by atoms with van der Waals surface area (Å²) in [6, 6.07) is 110. The maximum atomic E-state index is 2.39. The largest absolute Gasteiger partial charge is 0.311 e. The number of aromatic nitrogens is 1. The van der Waals surface area contributed by atoms with Gasteiger partial charge in [0.25, 0.3) is 0 Å². The van der Waals surface area contributed by atoms with Crippen LogP contribution >= 0.6 is 0 Å². The van der Waals surface area contributed by atoms with Gasteiger partial charge in [-0.15, -0.1) is 0 Å². The van der Waals surface area contributed by atoms with E-state index >= 15 is 0 Å². The summed E-state index contributed by atoms with van der Waals surface area (Å²) < 4.78 is 2.39. The minimum Gasteiger partial charge on any atom is -0.311 e. The lowest BCUT2D eigenvalue weighted by Gasteiger charge is -2.26. The molecule has 74 heavy (non-hydrogen) atoms. The van der Waals surface area contributed by atoms with E-state index in [-0.39, 0.29) is 0 Å². The van der Waals surface area contributed by atoms with Crippen molar-refractivity contribution in [3.8, 4) is 83.6 Å². The van der Waals surface area contributed by atoms with Crippen LogP contribution in [0.25, 0.3) is 105 Å². The number of nitrogens with zero attached hydrogens (tertiary/aromatic N) is 2. The van der Waals surface area contributed by atoms with E-state index in [1.807, 2.05) is 0 Å². The molecule has 0 unspecified atom stereocenters. The number of fused-ring (bicyclic) bond motifs is 3. The van der Waals surface area contributed by atoms with Crippen molar-refractivity contribution in [2.24, 2.45) is 0 Å². The van der Waals surface area contributed by atoms with Crippen LogP contribution in [0, 0.1) is 0 Å². The van der Waals surface area contributed by atoms with Gasteiger partial charge in [0.1, 0.15) is 0 Å². The van der Waals surface area contributed by atoms with Crippen molar-refractivity contribution < 1.29 is 0 Å². The van der Waals surface area contributed by atoms with Crippen LogP contribution in [0.1, 0.15) is 0 Å². The second kappa shape index (κ2) is 19.4. The van der Waals surface area contributed by atoms with Gasteiger partial charge in [0.05, 0.1) is 11.0 Å². The van der Waals surface area contributed by atoms with Crippen LogP contribution in [0.4, 0.5) is 17.1 Å². The fraction of sp³-hybridized carbons (Fsp3) is 0. The molecule has 0 atom stereocenters. The summed E-state index contributed by atoms with van der Waals surface area (Å²) >= 11 is 0. The van der Waals surface area contributed by atoms with Crippen LogP contribution in [0.5, 0.6) is 0 Å². The summed E-state index contributed by atoms with van der Waals surface area (Å²) in [4.78, 5) is 2.36. The summed E-state index contributed by atoms with van der Waals surface area (Å²) in [6.45, 7) is 0. The molecular weight excluding hydrogens is 893 g/mol. The van der Waals surface area contributed by atoms with E-state index in [4.69, 9.17) is 0 Å². The monoisotopic (exact) mass is 942 g/mol. The molecule has 0 N–H and O–H groups in total. The lowest BCUT2D eigenvalue weighted by atomic mass is 9.96. The lowest BCUT2D eigenvalue weighted by molar-refractivity contribution is 1.18. The molecule has 0 aliphatic carbocycles. The first kappa shape index (κ1) is 44.2. The zero-order chi connectivity index (χ0) is 49.2. The Kier molecular flexibility index (Phi) is 11.6. The number of rotatable bonds is 11. The van der Waals surface area contributed by atoms with Gasteiger partial charge in [-0.1, -0.05) is 218 Å². The molecule has 1 aromatic heterocycles. The van der Waals surface area contributed by atoms with Crippen LogP contribution in [0.3, 0.4) is 0 Å². The van der Waals surface area contributed by atoms with Crippen molar-refractivity contribution in [2.45, 2.75) is 0 Å². The van der Waals surface area contributed by atoms with Gasteiger partial charge in [-0.3, -0.25) is 0 Å². The van der Waals surface area contributed by atoms with E-state index in [1.54, 1.807) is 0 Å². The number of para-hydroxylation sites is 2. The first-order chi connectivity index (χ1) is 36.7. The van der Waals surface area contributed by atoms with Gasteiger partial charge in [-0.2, -0.15) is 0 Å². The van der Waals surface area contributed by atoms with Gasteiger partial charge in [-0.05, 0) is 163 Å². The topological polar surface area (TPSA) is 8.17 Å². The lowest BCUT2D eigenvalue weighted by Crippen LogP contribution is -2.09. The Labute approximate surface area is 433 Å². The molecule has 0 amide bonds. The fourth-order valence-corrected chi connectivity index (χ4v) is 10.7. The molecule has 0 radical (unpaired) electrons. The van der Waals surface area contributed by atoms with E-state index in [2.05, 4.69) is 313 Å². The third-order valence-corrected chi connectivity index (χ3v) is 14.4. The van der Waals surface area contributed by atoms with Crippen LogP contribution in [0.15, 0.2) is 303 Å². The second-order valence-electron chi connectivity index (χ2n) is 19.0. The van der Waals surface area contributed by atoms with Gasteiger partial charge in [0, 0.05) is 33.5 Å². The molecule has 0 saturated carbocycles. The summed E-state index contributed by atoms with van der Waals surface area (Å²) in [5, 5.41) is 2.53. The van der Waals surface area contributed by atoms with Gasteiger partial charge >= 0.3 is 0 Å². The Bertz CT molecular complexity index is 4040. The third-order valence-electron chi connectivity index (χ3n) is 14.4. The van der Waals surface area contributed by atoms with Crippen molar-refractivity contribution in [3.05, 3.63) is 303 Å². The predicted molar refractivity (Wildman–Crippen MR) is 314 cm³/mol. The minimum absolute atomic E-state index is 1.08. The highest BCUT2D eigenvalue weighted by Gasteiger charge is 2.16. The van der Waals surface area contributed by atoms with Crippen LogP contribution in [-0.4, -0.2) is 4.57 Å². The quantitative estimate of drug-likeness (QED) is 0.125. The summed E-state index contributed by atoms with van der Waals surface area (Å²) in [7, 11) is 0. The highest BCUT2D eigenvalue weighted by atomic mass is 15.1. The smallest absolute Gasteiger partial charge is 0.0541 e.